The van der Waals surface area contributed by atoms with Crippen molar-refractivity contribution in [2.24, 2.45) is 5.92 Å². The van der Waals surface area contributed by atoms with Gasteiger partial charge in [0.15, 0.2) is 0 Å². The number of anilines is 1. The van der Waals surface area contributed by atoms with Crippen LogP contribution in [0.4, 0.5) is 5.95 Å². The third-order valence-electron chi connectivity index (χ3n) is 2.83. The number of aromatic nitrogens is 3. The predicted molar refractivity (Wildman–Crippen MR) is 57.5 cm³/mol. The van der Waals surface area contributed by atoms with Gasteiger partial charge >= 0.3 is 11.4 Å². The molecule has 0 bridgehead atoms. The quantitative estimate of drug-likeness (QED) is 0.579. The molecular formula is C9H14N4O3. The zero-order valence-electron chi connectivity index (χ0n) is 8.77. The van der Waals surface area contributed by atoms with Crippen molar-refractivity contribution < 1.29 is 5.11 Å². The van der Waals surface area contributed by atoms with Gasteiger partial charge in [-0.25, -0.2) is 9.59 Å². The molecule has 16 heavy (non-hydrogen) atoms. The molecule has 0 unspecified atom stereocenters. The second kappa shape index (κ2) is 4.48. The maximum atomic E-state index is 11.1. The lowest BCUT2D eigenvalue weighted by molar-refractivity contribution is 0.202. The van der Waals surface area contributed by atoms with Crippen molar-refractivity contribution in [1.82, 2.24) is 15.0 Å². The third-order valence-corrected chi connectivity index (χ3v) is 2.83. The van der Waals surface area contributed by atoms with E-state index in [1.54, 1.807) is 0 Å². The SMILES string of the molecule is O=c1nc(N2CCC(CO)CC2)[nH]c(=O)[nH]1. The number of aromatic amines is 2. The van der Waals surface area contributed by atoms with Gasteiger partial charge < -0.3 is 10.0 Å². The maximum Gasteiger partial charge on any atom is 0.352 e. The molecule has 2 heterocycles. The first-order chi connectivity index (χ1) is 7.69. The van der Waals surface area contributed by atoms with Crippen molar-refractivity contribution in [1.29, 1.82) is 0 Å². The number of aliphatic hydroxyl groups is 1. The molecule has 7 heteroatoms. The molecule has 88 valence electrons. The van der Waals surface area contributed by atoms with Crippen molar-refractivity contribution in [3.05, 3.63) is 21.0 Å². The van der Waals surface area contributed by atoms with Gasteiger partial charge in [0.1, 0.15) is 0 Å². The number of hydrogen-bond acceptors (Lipinski definition) is 5. The number of nitrogens with zero attached hydrogens (tertiary/aromatic N) is 2. The lowest BCUT2D eigenvalue weighted by atomic mass is 9.98. The van der Waals surface area contributed by atoms with E-state index in [0.717, 1.165) is 12.8 Å². The molecule has 1 aliphatic heterocycles. The van der Waals surface area contributed by atoms with Crippen molar-refractivity contribution in [3.8, 4) is 0 Å². The standard InChI is InChI=1S/C9H14N4O3/c14-5-6-1-3-13(4-2-6)7-10-8(15)12-9(16)11-7/h6,14H,1-5H2,(H2,10,11,12,15,16). The van der Waals surface area contributed by atoms with E-state index in [1.165, 1.54) is 0 Å². The molecule has 1 saturated heterocycles. The molecule has 0 aliphatic carbocycles. The smallest absolute Gasteiger partial charge is 0.352 e. The Morgan fingerprint density at radius 3 is 2.56 bits per heavy atom. The number of H-pyrrole nitrogens is 2. The second-order valence-corrected chi connectivity index (χ2v) is 3.93. The highest BCUT2D eigenvalue weighted by Crippen LogP contribution is 2.18. The summed E-state index contributed by atoms with van der Waals surface area (Å²) in [6, 6.07) is 0. The van der Waals surface area contributed by atoms with Crippen LogP contribution in [0.5, 0.6) is 0 Å². The van der Waals surface area contributed by atoms with Gasteiger partial charge in [-0.05, 0) is 18.8 Å². The van der Waals surface area contributed by atoms with E-state index in [2.05, 4.69) is 9.97 Å². The zero-order chi connectivity index (χ0) is 11.5. The van der Waals surface area contributed by atoms with E-state index in [9.17, 15) is 9.59 Å². The van der Waals surface area contributed by atoms with Gasteiger partial charge in [-0.1, -0.05) is 0 Å². The van der Waals surface area contributed by atoms with Gasteiger partial charge in [-0.3, -0.25) is 9.97 Å². The van der Waals surface area contributed by atoms with Crippen LogP contribution in [0.2, 0.25) is 0 Å². The molecule has 7 nitrogen and oxygen atoms in total. The van der Waals surface area contributed by atoms with Gasteiger partial charge in [0.05, 0.1) is 0 Å². The highest BCUT2D eigenvalue weighted by molar-refractivity contribution is 5.27. The normalized spacial score (nSPS) is 17.7. The van der Waals surface area contributed by atoms with Crippen molar-refractivity contribution in [3.63, 3.8) is 0 Å². The molecule has 0 saturated carbocycles. The fourth-order valence-electron chi connectivity index (χ4n) is 1.86. The van der Waals surface area contributed by atoms with Crippen molar-refractivity contribution in [2.75, 3.05) is 24.6 Å². The fraction of sp³-hybridized carbons (Fsp3) is 0.667. The topological polar surface area (TPSA) is 102 Å². The summed E-state index contributed by atoms with van der Waals surface area (Å²) in [5, 5.41) is 8.99. The van der Waals surface area contributed by atoms with Gasteiger partial charge in [-0.2, -0.15) is 4.98 Å². The molecular weight excluding hydrogens is 212 g/mol. The van der Waals surface area contributed by atoms with Crippen LogP contribution < -0.4 is 16.3 Å². The third kappa shape index (κ3) is 2.30. The molecule has 3 N–H and O–H groups in total. The van der Waals surface area contributed by atoms with E-state index in [1.807, 2.05) is 9.88 Å². The first-order valence-corrected chi connectivity index (χ1v) is 5.25. The zero-order valence-corrected chi connectivity index (χ0v) is 8.77. The largest absolute Gasteiger partial charge is 0.396 e. The molecule has 0 amide bonds. The van der Waals surface area contributed by atoms with Crippen LogP contribution in [0.1, 0.15) is 12.8 Å². The summed E-state index contributed by atoms with van der Waals surface area (Å²) in [4.78, 5) is 32.1. The molecule has 0 spiro atoms. The predicted octanol–water partition coefficient (Wildman–Crippen LogP) is -1.33. The van der Waals surface area contributed by atoms with Crippen LogP contribution >= 0.6 is 0 Å². The summed E-state index contributed by atoms with van der Waals surface area (Å²) in [5.74, 6) is 0.620. The summed E-state index contributed by atoms with van der Waals surface area (Å²) in [5.41, 5.74) is -1.18. The van der Waals surface area contributed by atoms with E-state index in [-0.39, 0.29) is 6.61 Å². The molecule has 1 aromatic heterocycles. The Kier molecular flexibility index (Phi) is 3.04. The summed E-state index contributed by atoms with van der Waals surface area (Å²) in [7, 11) is 0. The minimum absolute atomic E-state index is 0.188. The first-order valence-electron chi connectivity index (χ1n) is 5.25. The van der Waals surface area contributed by atoms with E-state index < -0.39 is 11.4 Å². The van der Waals surface area contributed by atoms with Crippen LogP contribution in [0.25, 0.3) is 0 Å². The number of aliphatic hydroxyl groups excluding tert-OH is 1. The Morgan fingerprint density at radius 2 is 2.00 bits per heavy atom. The Balaban J connectivity index is 2.14. The minimum Gasteiger partial charge on any atom is -0.396 e. The van der Waals surface area contributed by atoms with Gasteiger partial charge in [0.2, 0.25) is 5.95 Å². The number of rotatable bonds is 2. The number of piperidine rings is 1. The first kappa shape index (κ1) is 10.9. The molecule has 0 radical (unpaired) electrons. The average Bonchev–Trinajstić information content (AvgIpc) is 2.28. The van der Waals surface area contributed by atoms with Crippen LogP contribution in [0, 0.1) is 5.92 Å². The highest BCUT2D eigenvalue weighted by Gasteiger charge is 2.20. The van der Waals surface area contributed by atoms with E-state index in [0.29, 0.717) is 25.0 Å². The minimum atomic E-state index is -0.636. The van der Waals surface area contributed by atoms with Crippen molar-refractivity contribution in [2.45, 2.75) is 12.8 Å². The molecule has 1 fully saturated rings. The van der Waals surface area contributed by atoms with E-state index >= 15 is 0 Å². The molecule has 0 atom stereocenters. The molecule has 1 aliphatic rings. The summed E-state index contributed by atoms with van der Waals surface area (Å²) >= 11 is 0. The van der Waals surface area contributed by atoms with Crippen LogP contribution in [0.15, 0.2) is 9.59 Å². The monoisotopic (exact) mass is 226 g/mol. The Bertz CT molecular complexity index is 430. The average molecular weight is 226 g/mol. The van der Waals surface area contributed by atoms with Crippen LogP contribution in [-0.2, 0) is 0 Å². The molecule has 2 rings (SSSR count). The Hall–Kier alpha value is -1.63. The van der Waals surface area contributed by atoms with Gasteiger partial charge in [0.25, 0.3) is 0 Å². The number of hydrogen-bond donors (Lipinski definition) is 3. The highest BCUT2D eigenvalue weighted by atomic mass is 16.3. The second-order valence-electron chi connectivity index (χ2n) is 3.93. The van der Waals surface area contributed by atoms with Crippen molar-refractivity contribution >= 4 is 5.95 Å². The summed E-state index contributed by atoms with van der Waals surface area (Å²) in [6.45, 7) is 1.57. The molecule has 0 aromatic carbocycles. The summed E-state index contributed by atoms with van der Waals surface area (Å²) < 4.78 is 0. The van der Waals surface area contributed by atoms with Gasteiger partial charge in [0, 0.05) is 19.7 Å². The van der Waals surface area contributed by atoms with Gasteiger partial charge in [-0.15, -0.1) is 0 Å². The Labute approximate surface area is 91.2 Å². The van der Waals surface area contributed by atoms with Crippen LogP contribution in [-0.4, -0.2) is 39.8 Å². The maximum absolute atomic E-state index is 11.1. The lowest BCUT2D eigenvalue weighted by Crippen LogP contribution is -2.39. The number of nitrogens with one attached hydrogen (secondary N) is 2. The van der Waals surface area contributed by atoms with Crippen LogP contribution in [0.3, 0.4) is 0 Å². The molecule has 1 aromatic rings. The fourth-order valence-corrected chi connectivity index (χ4v) is 1.86. The summed E-state index contributed by atoms with van der Waals surface area (Å²) in [6.07, 6.45) is 1.68. The lowest BCUT2D eigenvalue weighted by Gasteiger charge is -2.30. The Morgan fingerprint density at radius 1 is 1.31 bits per heavy atom. The van der Waals surface area contributed by atoms with E-state index in [4.69, 9.17) is 5.11 Å².